The summed E-state index contributed by atoms with van der Waals surface area (Å²) in [5, 5.41) is 2.83. The van der Waals surface area contributed by atoms with E-state index in [-0.39, 0.29) is 18.5 Å². The zero-order chi connectivity index (χ0) is 21.8. The van der Waals surface area contributed by atoms with E-state index in [1.807, 2.05) is 6.07 Å². The normalized spacial score (nSPS) is 13.9. The maximum Gasteiger partial charge on any atom is 0.324 e. The molecule has 4 rings (SSSR count). The number of hydrogen-bond acceptors (Lipinski definition) is 2. The summed E-state index contributed by atoms with van der Waals surface area (Å²) in [4.78, 5) is 28.5. The highest BCUT2D eigenvalue weighted by molar-refractivity contribution is 6.04. The molecule has 1 aliphatic rings. The number of urea groups is 1. The maximum atomic E-state index is 13.5. The Morgan fingerprint density at radius 1 is 0.903 bits per heavy atom. The van der Waals surface area contributed by atoms with Crippen LogP contribution in [0.4, 0.5) is 25.0 Å². The molecule has 31 heavy (non-hydrogen) atoms. The quantitative estimate of drug-likeness (QED) is 0.627. The zero-order valence-corrected chi connectivity index (χ0v) is 16.7. The Bertz CT molecular complexity index is 1090. The van der Waals surface area contributed by atoms with E-state index in [0.717, 1.165) is 18.6 Å². The minimum absolute atomic E-state index is 0.197. The third kappa shape index (κ3) is 4.71. The molecule has 5 nitrogen and oxygen atoms in total. The van der Waals surface area contributed by atoms with Gasteiger partial charge in [0.25, 0.3) is 5.91 Å². The van der Waals surface area contributed by atoms with E-state index in [2.05, 4.69) is 5.32 Å². The van der Waals surface area contributed by atoms with Crippen LogP contribution in [0.3, 0.4) is 0 Å². The molecular weight excluding hydrogens is 400 g/mol. The molecule has 0 saturated carbocycles. The molecule has 0 radical (unpaired) electrons. The first-order valence-electron chi connectivity index (χ1n) is 9.98. The molecule has 3 aromatic rings. The number of halogens is 2. The van der Waals surface area contributed by atoms with Crippen molar-refractivity contribution in [3.63, 3.8) is 0 Å². The highest BCUT2D eigenvalue weighted by Crippen LogP contribution is 2.24. The Kier molecular flexibility index (Phi) is 5.93. The minimum atomic E-state index is -0.924. The number of rotatable bonds is 5. The van der Waals surface area contributed by atoms with Crippen molar-refractivity contribution in [2.24, 2.45) is 0 Å². The Labute approximate surface area is 178 Å². The summed E-state index contributed by atoms with van der Waals surface area (Å²) in [5.41, 5.74) is 2.43. The molecule has 1 fully saturated rings. The molecule has 158 valence electrons. The molecule has 0 aliphatic carbocycles. The summed E-state index contributed by atoms with van der Waals surface area (Å²) in [6.45, 7) is 1.31. The molecule has 0 bridgehead atoms. The van der Waals surface area contributed by atoms with E-state index in [9.17, 15) is 18.4 Å². The number of nitrogens with one attached hydrogen (secondary N) is 1. The third-order valence-corrected chi connectivity index (χ3v) is 5.14. The van der Waals surface area contributed by atoms with Crippen LogP contribution in [0.5, 0.6) is 0 Å². The second-order valence-corrected chi connectivity index (χ2v) is 7.32. The van der Waals surface area contributed by atoms with E-state index in [1.165, 1.54) is 6.07 Å². The molecule has 1 aliphatic heterocycles. The van der Waals surface area contributed by atoms with Gasteiger partial charge in [-0.2, -0.15) is 0 Å². The van der Waals surface area contributed by atoms with Gasteiger partial charge in [-0.3, -0.25) is 9.69 Å². The Morgan fingerprint density at radius 3 is 2.35 bits per heavy atom. The number of carbonyl (C=O) groups excluding carboxylic acids is 2. The largest absolute Gasteiger partial charge is 0.324 e. The van der Waals surface area contributed by atoms with Gasteiger partial charge in [-0.15, -0.1) is 0 Å². The van der Waals surface area contributed by atoms with Crippen molar-refractivity contribution in [1.29, 1.82) is 0 Å². The van der Waals surface area contributed by atoms with Gasteiger partial charge in [0.2, 0.25) is 0 Å². The van der Waals surface area contributed by atoms with Gasteiger partial charge in [0.1, 0.15) is 0 Å². The Balaban J connectivity index is 1.43. The number of carbonyl (C=O) groups is 2. The van der Waals surface area contributed by atoms with Gasteiger partial charge >= 0.3 is 6.03 Å². The van der Waals surface area contributed by atoms with Crippen LogP contribution in [0.25, 0.3) is 0 Å². The van der Waals surface area contributed by atoms with E-state index >= 15 is 0 Å². The van der Waals surface area contributed by atoms with Crippen molar-refractivity contribution < 1.29 is 18.4 Å². The molecule has 0 aromatic heterocycles. The SMILES string of the molecule is O=C(Nc1ccc(N2CCCN(Cc3ccc(F)c(F)c3)C2=O)cc1)c1ccccc1. The van der Waals surface area contributed by atoms with Crippen LogP contribution in [0, 0.1) is 11.6 Å². The Morgan fingerprint density at radius 2 is 1.65 bits per heavy atom. The zero-order valence-electron chi connectivity index (χ0n) is 16.7. The van der Waals surface area contributed by atoms with Crippen LogP contribution in [0.2, 0.25) is 0 Å². The van der Waals surface area contributed by atoms with Gasteiger partial charge in [0, 0.05) is 36.6 Å². The topological polar surface area (TPSA) is 52.7 Å². The van der Waals surface area contributed by atoms with Crippen LogP contribution in [-0.2, 0) is 6.54 Å². The molecule has 7 heteroatoms. The van der Waals surface area contributed by atoms with E-state index < -0.39 is 11.6 Å². The molecule has 1 heterocycles. The van der Waals surface area contributed by atoms with Crippen molar-refractivity contribution in [3.05, 3.63) is 95.6 Å². The van der Waals surface area contributed by atoms with Crippen molar-refractivity contribution in [2.45, 2.75) is 13.0 Å². The average molecular weight is 421 g/mol. The van der Waals surface area contributed by atoms with E-state index in [0.29, 0.717) is 35.6 Å². The second kappa shape index (κ2) is 8.95. The molecular formula is C24H21F2N3O2. The number of hydrogen-bond donors (Lipinski definition) is 1. The molecule has 0 atom stereocenters. The van der Waals surface area contributed by atoms with Gasteiger partial charge in [-0.1, -0.05) is 24.3 Å². The lowest BCUT2D eigenvalue weighted by molar-refractivity contribution is 0.102. The van der Waals surface area contributed by atoms with Crippen molar-refractivity contribution in [2.75, 3.05) is 23.3 Å². The van der Waals surface area contributed by atoms with Crippen LogP contribution in [-0.4, -0.2) is 29.9 Å². The van der Waals surface area contributed by atoms with Gasteiger partial charge < -0.3 is 10.2 Å². The number of amides is 3. The lowest BCUT2D eigenvalue weighted by Crippen LogP contribution is -2.49. The smallest absolute Gasteiger partial charge is 0.322 e. The first kappa shape index (κ1) is 20.5. The average Bonchev–Trinajstić information content (AvgIpc) is 2.79. The molecule has 0 spiro atoms. The first-order valence-corrected chi connectivity index (χ1v) is 9.98. The van der Waals surface area contributed by atoms with Crippen molar-refractivity contribution in [1.82, 2.24) is 4.90 Å². The molecule has 3 amide bonds. The summed E-state index contributed by atoms with van der Waals surface area (Å²) in [6.07, 6.45) is 0.752. The summed E-state index contributed by atoms with van der Waals surface area (Å²) < 4.78 is 26.6. The lowest BCUT2D eigenvalue weighted by Gasteiger charge is -2.35. The number of benzene rings is 3. The fourth-order valence-corrected chi connectivity index (χ4v) is 3.54. The van der Waals surface area contributed by atoms with Crippen LogP contribution >= 0.6 is 0 Å². The summed E-state index contributed by atoms with van der Waals surface area (Å²) in [6, 6.07) is 19.4. The summed E-state index contributed by atoms with van der Waals surface area (Å²) >= 11 is 0. The minimum Gasteiger partial charge on any atom is -0.322 e. The molecule has 1 saturated heterocycles. The van der Waals surface area contributed by atoms with E-state index in [1.54, 1.807) is 58.3 Å². The fraction of sp³-hybridized carbons (Fsp3) is 0.167. The predicted molar refractivity (Wildman–Crippen MR) is 115 cm³/mol. The fourth-order valence-electron chi connectivity index (χ4n) is 3.54. The highest BCUT2D eigenvalue weighted by atomic mass is 19.2. The van der Waals surface area contributed by atoms with Gasteiger partial charge in [0.15, 0.2) is 11.6 Å². The van der Waals surface area contributed by atoms with Crippen LogP contribution in [0.1, 0.15) is 22.3 Å². The van der Waals surface area contributed by atoms with Gasteiger partial charge in [-0.25, -0.2) is 13.6 Å². The maximum absolute atomic E-state index is 13.5. The Hall–Kier alpha value is -3.74. The first-order chi connectivity index (χ1) is 15.0. The molecule has 3 aromatic carbocycles. The van der Waals surface area contributed by atoms with Crippen molar-refractivity contribution in [3.8, 4) is 0 Å². The van der Waals surface area contributed by atoms with Crippen molar-refractivity contribution >= 4 is 23.3 Å². The summed E-state index contributed by atoms with van der Waals surface area (Å²) in [5.74, 6) is -2.04. The third-order valence-electron chi connectivity index (χ3n) is 5.14. The van der Waals surface area contributed by atoms with E-state index in [4.69, 9.17) is 0 Å². The molecule has 0 unspecified atom stereocenters. The van der Waals surface area contributed by atoms with Gasteiger partial charge in [-0.05, 0) is 60.5 Å². The van der Waals surface area contributed by atoms with Gasteiger partial charge in [0.05, 0.1) is 0 Å². The van der Waals surface area contributed by atoms with Crippen LogP contribution in [0.15, 0.2) is 72.8 Å². The highest BCUT2D eigenvalue weighted by Gasteiger charge is 2.27. The lowest BCUT2D eigenvalue weighted by atomic mass is 10.1. The summed E-state index contributed by atoms with van der Waals surface area (Å²) in [7, 11) is 0. The monoisotopic (exact) mass is 421 g/mol. The molecule has 1 N–H and O–H groups in total. The standard InChI is InChI=1S/C24H21F2N3O2/c25-21-12-7-17(15-22(21)26)16-28-13-4-14-29(24(28)31)20-10-8-19(9-11-20)27-23(30)18-5-2-1-3-6-18/h1-3,5-12,15H,4,13-14,16H2,(H,27,30). The number of nitrogens with zero attached hydrogens (tertiary/aromatic N) is 2. The van der Waals surface area contributed by atoms with Crippen LogP contribution < -0.4 is 10.2 Å². The number of anilines is 2. The second-order valence-electron chi connectivity index (χ2n) is 7.32. The predicted octanol–water partition coefficient (Wildman–Crippen LogP) is 5.05.